The zero-order valence-electron chi connectivity index (χ0n) is 15.9. The molecule has 3 rings (SSSR count). The van der Waals surface area contributed by atoms with E-state index in [4.69, 9.17) is 23.8 Å². The lowest BCUT2D eigenvalue weighted by molar-refractivity contribution is -0.115. The summed E-state index contributed by atoms with van der Waals surface area (Å²) in [6.07, 6.45) is 6.33. The molecule has 0 spiro atoms. The molecule has 0 radical (unpaired) electrons. The number of likely N-dealkylation sites (tertiary alicyclic amines) is 1. The van der Waals surface area contributed by atoms with Crippen molar-refractivity contribution in [1.29, 1.82) is 0 Å². The highest BCUT2D eigenvalue weighted by molar-refractivity contribution is 7.80. The molecule has 2 aromatic carbocycles. The molecule has 1 aliphatic heterocycles. The standard InChI is InChI=1S/C22H22ClN3O2S/c23-18-10-7-16(8-11-18)9-12-20(27)25-22(29)24-19-6-4-5-17(15-19)21(28)26-13-2-1-3-14-26/h4-12,15H,1-3,13-14H2,(H2,24,25,27,29)/b12-9+. The summed E-state index contributed by atoms with van der Waals surface area (Å²) in [6.45, 7) is 1.59. The highest BCUT2D eigenvalue weighted by atomic mass is 35.5. The summed E-state index contributed by atoms with van der Waals surface area (Å²) in [5.74, 6) is -0.327. The predicted molar refractivity (Wildman–Crippen MR) is 121 cm³/mol. The number of nitrogens with one attached hydrogen (secondary N) is 2. The molecule has 0 atom stereocenters. The Balaban J connectivity index is 1.55. The molecule has 150 valence electrons. The minimum Gasteiger partial charge on any atom is -0.339 e. The Hall–Kier alpha value is -2.70. The maximum Gasteiger partial charge on any atom is 0.253 e. The van der Waals surface area contributed by atoms with Gasteiger partial charge in [-0.05, 0) is 73.5 Å². The molecule has 1 aliphatic rings. The fraction of sp³-hybridized carbons (Fsp3) is 0.227. The number of benzene rings is 2. The minimum absolute atomic E-state index is 0.0224. The molecule has 0 unspecified atom stereocenters. The quantitative estimate of drug-likeness (QED) is 0.557. The van der Waals surface area contributed by atoms with Gasteiger partial charge in [0, 0.05) is 35.4 Å². The van der Waals surface area contributed by atoms with Gasteiger partial charge in [0.25, 0.3) is 5.91 Å². The Kier molecular flexibility index (Phi) is 7.38. The highest BCUT2D eigenvalue weighted by Gasteiger charge is 2.18. The number of rotatable bonds is 4. The Morgan fingerprint density at radius 1 is 1.03 bits per heavy atom. The number of thiocarbonyl (C=S) groups is 1. The number of carbonyl (C=O) groups is 2. The lowest BCUT2D eigenvalue weighted by Crippen LogP contribution is -2.35. The van der Waals surface area contributed by atoms with Crippen molar-refractivity contribution < 1.29 is 9.59 Å². The fourth-order valence-electron chi connectivity index (χ4n) is 3.07. The summed E-state index contributed by atoms with van der Waals surface area (Å²) < 4.78 is 0. The van der Waals surface area contributed by atoms with Crippen molar-refractivity contribution in [2.24, 2.45) is 0 Å². The summed E-state index contributed by atoms with van der Waals surface area (Å²) in [6, 6.07) is 14.3. The maximum atomic E-state index is 12.6. The molecular weight excluding hydrogens is 406 g/mol. The fourth-order valence-corrected chi connectivity index (χ4v) is 3.42. The van der Waals surface area contributed by atoms with Crippen molar-refractivity contribution in [2.75, 3.05) is 18.4 Å². The summed E-state index contributed by atoms with van der Waals surface area (Å²) in [5.41, 5.74) is 2.11. The normalized spacial score (nSPS) is 13.9. The van der Waals surface area contributed by atoms with E-state index in [-0.39, 0.29) is 16.9 Å². The summed E-state index contributed by atoms with van der Waals surface area (Å²) >= 11 is 11.0. The van der Waals surface area contributed by atoms with E-state index in [1.807, 2.05) is 17.0 Å². The first-order chi connectivity index (χ1) is 14.0. The average Bonchev–Trinajstić information content (AvgIpc) is 2.73. The van der Waals surface area contributed by atoms with Crippen molar-refractivity contribution in [3.05, 3.63) is 70.8 Å². The van der Waals surface area contributed by atoms with E-state index in [2.05, 4.69) is 10.6 Å². The van der Waals surface area contributed by atoms with E-state index < -0.39 is 0 Å². The van der Waals surface area contributed by atoms with Crippen LogP contribution in [0.25, 0.3) is 6.08 Å². The topological polar surface area (TPSA) is 61.4 Å². The van der Waals surface area contributed by atoms with Crippen LogP contribution in [0.2, 0.25) is 5.02 Å². The second kappa shape index (κ2) is 10.2. The van der Waals surface area contributed by atoms with Gasteiger partial charge in [-0.3, -0.25) is 14.9 Å². The molecule has 1 saturated heterocycles. The number of amides is 2. The Labute approximate surface area is 180 Å². The van der Waals surface area contributed by atoms with Gasteiger partial charge in [0.2, 0.25) is 5.91 Å². The van der Waals surface area contributed by atoms with Gasteiger partial charge in [-0.15, -0.1) is 0 Å². The number of piperidine rings is 1. The van der Waals surface area contributed by atoms with Crippen LogP contribution < -0.4 is 10.6 Å². The largest absolute Gasteiger partial charge is 0.339 e. The first-order valence-corrected chi connectivity index (χ1v) is 10.2. The average molecular weight is 428 g/mol. The van der Waals surface area contributed by atoms with Crippen molar-refractivity contribution in [3.8, 4) is 0 Å². The first kappa shape index (κ1) is 21.0. The van der Waals surface area contributed by atoms with Gasteiger partial charge in [-0.1, -0.05) is 29.8 Å². The summed E-state index contributed by atoms with van der Waals surface area (Å²) in [4.78, 5) is 26.6. The molecule has 5 nitrogen and oxygen atoms in total. The Morgan fingerprint density at radius 2 is 1.76 bits per heavy atom. The van der Waals surface area contributed by atoms with Crippen LogP contribution in [0, 0.1) is 0 Å². The van der Waals surface area contributed by atoms with Crippen molar-refractivity contribution >= 4 is 52.5 Å². The van der Waals surface area contributed by atoms with Crippen LogP contribution in [0.1, 0.15) is 35.2 Å². The highest BCUT2D eigenvalue weighted by Crippen LogP contribution is 2.16. The van der Waals surface area contributed by atoms with Crippen molar-refractivity contribution in [1.82, 2.24) is 10.2 Å². The summed E-state index contributed by atoms with van der Waals surface area (Å²) in [5, 5.41) is 6.35. The van der Waals surface area contributed by atoms with E-state index >= 15 is 0 Å². The number of halogens is 1. The number of anilines is 1. The third-order valence-corrected chi connectivity index (χ3v) is 5.00. The zero-order valence-corrected chi connectivity index (χ0v) is 17.4. The van der Waals surface area contributed by atoms with Crippen LogP contribution >= 0.6 is 23.8 Å². The third-order valence-electron chi connectivity index (χ3n) is 4.54. The van der Waals surface area contributed by atoms with Crippen molar-refractivity contribution in [2.45, 2.75) is 19.3 Å². The van der Waals surface area contributed by atoms with Crippen LogP contribution in [-0.4, -0.2) is 34.9 Å². The number of hydrogen-bond acceptors (Lipinski definition) is 3. The van der Waals surface area contributed by atoms with Gasteiger partial charge < -0.3 is 10.2 Å². The lowest BCUT2D eigenvalue weighted by Gasteiger charge is -2.26. The van der Waals surface area contributed by atoms with Gasteiger partial charge >= 0.3 is 0 Å². The molecule has 29 heavy (non-hydrogen) atoms. The molecule has 1 heterocycles. The third kappa shape index (κ3) is 6.41. The lowest BCUT2D eigenvalue weighted by atomic mass is 10.1. The van der Waals surface area contributed by atoms with Gasteiger partial charge in [0.15, 0.2) is 5.11 Å². The molecule has 0 aromatic heterocycles. The van der Waals surface area contributed by atoms with Crippen LogP contribution in [0.5, 0.6) is 0 Å². The van der Waals surface area contributed by atoms with Gasteiger partial charge in [0.1, 0.15) is 0 Å². The molecule has 2 N–H and O–H groups in total. The molecule has 0 aliphatic carbocycles. The Morgan fingerprint density at radius 3 is 2.48 bits per heavy atom. The number of nitrogens with zero attached hydrogens (tertiary/aromatic N) is 1. The molecular formula is C22H22ClN3O2S. The maximum absolute atomic E-state index is 12.6. The van der Waals surface area contributed by atoms with Gasteiger partial charge in [-0.25, -0.2) is 0 Å². The van der Waals surface area contributed by atoms with Crippen LogP contribution in [0.3, 0.4) is 0 Å². The number of hydrogen-bond donors (Lipinski definition) is 2. The molecule has 0 saturated carbocycles. The molecule has 2 amide bonds. The van der Waals surface area contributed by atoms with E-state index in [1.165, 1.54) is 12.5 Å². The second-order valence-electron chi connectivity index (χ2n) is 6.76. The van der Waals surface area contributed by atoms with E-state index in [0.29, 0.717) is 16.3 Å². The van der Waals surface area contributed by atoms with E-state index in [9.17, 15) is 9.59 Å². The predicted octanol–water partition coefficient (Wildman–Crippen LogP) is 4.49. The molecule has 0 bridgehead atoms. The monoisotopic (exact) mass is 427 g/mol. The van der Waals surface area contributed by atoms with E-state index in [0.717, 1.165) is 31.5 Å². The summed E-state index contributed by atoms with van der Waals surface area (Å²) in [7, 11) is 0. The zero-order chi connectivity index (χ0) is 20.6. The number of carbonyl (C=O) groups excluding carboxylic acids is 2. The van der Waals surface area contributed by atoms with Gasteiger partial charge in [0.05, 0.1) is 0 Å². The Bertz CT molecular complexity index is 922. The smallest absolute Gasteiger partial charge is 0.253 e. The van der Waals surface area contributed by atoms with Crippen LogP contribution in [0.15, 0.2) is 54.6 Å². The van der Waals surface area contributed by atoms with Crippen LogP contribution in [0.4, 0.5) is 5.69 Å². The molecule has 1 fully saturated rings. The van der Waals surface area contributed by atoms with Crippen molar-refractivity contribution in [3.63, 3.8) is 0 Å². The van der Waals surface area contributed by atoms with Gasteiger partial charge in [-0.2, -0.15) is 0 Å². The first-order valence-electron chi connectivity index (χ1n) is 9.46. The SMILES string of the molecule is O=C(/C=C/c1ccc(Cl)cc1)NC(=S)Nc1cccc(C(=O)N2CCCCC2)c1. The molecule has 7 heteroatoms. The van der Waals surface area contributed by atoms with Crippen LogP contribution in [-0.2, 0) is 4.79 Å². The van der Waals surface area contributed by atoms with E-state index in [1.54, 1.807) is 42.5 Å². The second-order valence-corrected chi connectivity index (χ2v) is 7.61. The minimum atomic E-state index is -0.349. The molecule has 2 aromatic rings.